The number of carbonyl (C=O) groups excluding carboxylic acids is 1. The number of rotatable bonds is 7. The molecule has 1 aliphatic rings. The lowest BCUT2D eigenvalue weighted by Crippen LogP contribution is -2.46. The van der Waals surface area contributed by atoms with Crippen LogP contribution < -0.4 is 0 Å². The van der Waals surface area contributed by atoms with Crippen molar-refractivity contribution in [3.63, 3.8) is 0 Å². The van der Waals surface area contributed by atoms with E-state index in [4.69, 9.17) is 4.42 Å². The van der Waals surface area contributed by atoms with Crippen LogP contribution in [0, 0.1) is 12.8 Å². The van der Waals surface area contributed by atoms with Gasteiger partial charge in [0.15, 0.2) is 6.39 Å². The van der Waals surface area contributed by atoms with Gasteiger partial charge in [-0.25, -0.2) is 4.98 Å². The number of likely N-dealkylation sites (tertiary alicyclic amines) is 1. The van der Waals surface area contributed by atoms with Crippen LogP contribution in [0.15, 0.2) is 65.7 Å². The molecule has 1 atom stereocenters. The van der Waals surface area contributed by atoms with E-state index in [2.05, 4.69) is 64.4 Å². The van der Waals surface area contributed by atoms with Crippen molar-refractivity contribution >= 4 is 5.91 Å². The number of benzene rings is 1. The minimum absolute atomic E-state index is 0.0433. The summed E-state index contributed by atoms with van der Waals surface area (Å²) in [6, 6.07) is 15.3. The Hall–Kier alpha value is -2.99. The van der Waals surface area contributed by atoms with Gasteiger partial charge in [-0.3, -0.25) is 14.7 Å². The molecule has 1 unspecified atom stereocenters. The predicted octanol–water partition coefficient (Wildman–Crippen LogP) is 3.97. The third-order valence-corrected chi connectivity index (χ3v) is 6.35. The third kappa shape index (κ3) is 5.20. The Morgan fingerprint density at radius 2 is 1.84 bits per heavy atom. The van der Waals surface area contributed by atoms with E-state index in [9.17, 15) is 4.79 Å². The van der Waals surface area contributed by atoms with Crippen LogP contribution in [0.25, 0.3) is 0 Å². The van der Waals surface area contributed by atoms with Gasteiger partial charge in [0.2, 0.25) is 5.76 Å². The summed E-state index contributed by atoms with van der Waals surface area (Å²) in [6.45, 7) is 4.19. The lowest BCUT2D eigenvalue weighted by molar-refractivity contribution is 0.0573. The van der Waals surface area contributed by atoms with Crippen LogP contribution in [0.1, 0.15) is 40.2 Å². The molecule has 1 fully saturated rings. The van der Waals surface area contributed by atoms with Crippen molar-refractivity contribution in [2.24, 2.45) is 5.92 Å². The van der Waals surface area contributed by atoms with E-state index in [1.807, 2.05) is 24.2 Å². The Morgan fingerprint density at radius 3 is 2.48 bits per heavy atom. The molecule has 0 N–H and O–H groups in total. The molecule has 1 aliphatic heterocycles. The summed E-state index contributed by atoms with van der Waals surface area (Å²) in [7, 11) is 2.21. The number of aromatic nitrogens is 2. The van der Waals surface area contributed by atoms with Gasteiger partial charge in [0.1, 0.15) is 0 Å². The van der Waals surface area contributed by atoms with E-state index in [0.29, 0.717) is 23.4 Å². The van der Waals surface area contributed by atoms with E-state index in [1.54, 1.807) is 0 Å². The molecule has 1 amide bonds. The molecule has 6 nitrogen and oxygen atoms in total. The number of likely N-dealkylation sites (N-methyl/N-ethyl adjacent to an activating group) is 1. The van der Waals surface area contributed by atoms with Gasteiger partial charge in [-0.2, -0.15) is 0 Å². The fraction of sp³-hybridized carbons (Fsp3) is 0.400. The number of pyridine rings is 1. The number of hydrogen-bond acceptors (Lipinski definition) is 5. The molecule has 0 saturated carbocycles. The van der Waals surface area contributed by atoms with Gasteiger partial charge in [0.25, 0.3) is 5.91 Å². The highest BCUT2D eigenvalue weighted by molar-refractivity contribution is 5.92. The van der Waals surface area contributed by atoms with Crippen LogP contribution in [0.3, 0.4) is 0 Å². The Kier molecular flexibility index (Phi) is 6.77. The molecular weight excluding hydrogens is 388 g/mol. The second-order valence-corrected chi connectivity index (χ2v) is 8.42. The first kappa shape index (κ1) is 21.2. The molecule has 2 aromatic heterocycles. The molecule has 3 aromatic rings. The highest BCUT2D eigenvalue weighted by Gasteiger charge is 2.32. The van der Waals surface area contributed by atoms with Crippen LogP contribution >= 0.6 is 0 Å². The van der Waals surface area contributed by atoms with Crippen LogP contribution in [0.4, 0.5) is 0 Å². The maximum Gasteiger partial charge on any atom is 0.291 e. The van der Waals surface area contributed by atoms with Gasteiger partial charge in [-0.15, -0.1) is 0 Å². The zero-order valence-electron chi connectivity index (χ0n) is 18.3. The lowest BCUT2D eigenvalue weighted by atomic mass is 9.84. The second-order valence-electron chi connectivity index (χ2n) is 8.42. The monoisotopic (exact) mass is 418 g/mol. The molecule has 3 heterocycles. The lowest BCUT2D eigenvalue weighted by Gasteiger charge is -2.40. The first-order chi connectivity index (χ1) is 15.1. The van der Waals surface area contributed by atoms with Gasteiger partial charge >= 0.3 is 0 Å². The van der Waals surface area contributed by atoms with Crippen molar-refractivity contribution in [2.45, 2.75) is 38.8 Å². The molecule has 31 heavy (non-hydrogen) atoms. The molecular formula is C25H30N4O2. The fourth-order valence-electron chi connectivity index (χ4n) is 4.57. The van der Waals surface area contributed by atoms with Crippen LogP contribution in [-0.2, 0) is 13.0 Å². The maximum atomic E-state index is 12.8. The van der Waals surface area contributed by atoms with Gasteiger partial charge in [-0.1, -0.05) is 30.3 Å². The van der Waals surface area contributed by atoms with Crippen molar-refractivity contribution in [2.75, 3.05) is 20.1 Å². The standard InChI is InChI=1S/C25H30N4O2/c1-19-24(31-18-27-19)25(30)29-14-10-22(11-15-29)23(16-20-6-4-3-5-7-20)28(2)17-21-8-12-26-13-9-21/h3-9,12-13,18,22-23H,10-11,14-17H2,1-2H3. The Labute approximate surface area is 183 Å². The summed E-state index contributed by atoms with van der Waals surface area (Å²) in [5.74, 6) is 0.846. The van der Waals surface area contributed by atoms with Gasteiger partial charge in [0, 0.05) is 38.1 Å². The highest BCUT2D eigenvalue weighted by Crippen LogP contribution is 2.28. The summed E-state index contributed by atoms with van der Waals surface area (Å²) < 4.78 is 5.32. The third-order valence-electron chi connectivity index (χ3n) is 6.35. The summed E-state index contributed by atoms with van der Waals surface area (Å²) in [5.41, 5.74) is 3.28. The average molecular weight is 419 g/mol. The predicted molar refractivity (Wildman–Crippen MR) is 120 cm³/mol. The van der Waals surface area contributed by atoms with Gasteiger partial charge in [0.05, 0.1) is 5.69 Å². The van der Waals surface area contributed by atoms with Crippen LogP contribution in [-0.4, -0.2) is 51.9 Å². The molecule has 0 radical (unpaired) electrons. The average Bonchev–Trinajstić information content (AvgIpc) is 3.24. The zero-order chi connectivity index (χ0) is 21.6. The zero-order valence-corrected chi connectivity index (χ0v) is 18.3. The quantitative estimate of drug-likeness (QED) is 0.581. The largest absolute Gasteiger partial charge is 0.438 e. The van der Waals surface area contributed by atoms with Crippen molar-refractivity contribution in [1.82, 2.24) is 19.8 Å². The summed E-state index contributed by atoms with van der Waals surface area (Å²) in [6.07, 6.45) is 8.02. The Balaban J connectivity index is 1.45. The molecule has 0 aliphatic carbocycles. The number of amides is 1. The first-order valence-electron chi connectivity index (χ1n) is 10.9. The van der Waals surface area contributed by atoms with E-state index < -0.39 is 0 Å². The SMILES string of the molecule is Cc1ncoc1C(=O)N1CCC(C(Cc2ccccc2)N(C)Cc2ccncc2)CC1. The van der Waals surface area contributed by atoms with E-state index >= 15 is 0 Å². The number of oxazole rings is 1. The minimum Gasteiger partial charge on any atom is -0.438 e. The number of aryl methyl sites for hydroxylation is 1. The first-order valence-corrected chi connectivity index (χ1v) is 10.9. The number of piperidine rings is 1. The Bertz CT molecular complexity index is 965. The molecule has 1 saturated heterocycles. The smallest absolute Gasteiger partial charge is 0.291 e. The van der Waals surface area contributed by atoms with Crippen molar-refractivity contribution in [3.8, 4) is 0 Å². The molecule has 162 valence electrons. The summed E-state index contributed by atoms with van der Waals surface area (Å²) in [5, 5.41) is 0. The van der Waals surface area contributed by atoms with Crippen LogP contribution in [0.5, 0.6) is 0 Å². The van der Waals surface area contributed by atoms with Gasteiger partial charge in [-0.05, 0) is 62.4 Å². The molecule has 4 rings (SSSR count). The summed E-state index contributed by atoms with van der Waals surface area (Å²) >= 11 is 0. The van der Waals surface area contributed by atoms with Crippen molar-refractivity contribution < 1.29 is 9.21 Å². The highest BCUT2D eigenvalue weighted by atomic mass is 16.3. The topological polar surface area (TPSA) is 62.5 Å². The minimum atomic E-state index is -0.0433. The number of carbonyl (C=O) groups is 1. The normalized spacial score (nSPS) is 15.9. The Morgan fingerprint density at radius 1 is 1.13 bits per heavy atom. The maximum absolute atomic E-state index is 12.8. The van der Waals surface area contributed by atoms with E-state index in [-0.39, 0.29) is 5.91 Å². The van der Waals surface area contributed by atoms with E-state index in [1.165, 1.54) is 17.5 Å². The van der Waals surface area contributed by atoms with E-state index in [0.717, 1.165) is 38.9 Å². The summed E-state index contributed by atoms with van der Waals surface area (Å²) in [4.78, 5) is 25.4. The molecule has 6 heteroatoms. The molecule has 1 aromatic carbocycles. The van der Waals surface area contributed by atoms with Crippen molar-refractivity contribution in [1.29, 1.82) is 0 Å². The van der Waals surface area contributed by atoms with Crippen LogP contribution in [0.2, 0.25) is 0 Å². The number of hydrogen-bond donors (Lipinski definition) is 0. The number of nitrogens with zero attached hydrogens (tertiary/aromatic N) is 4. The fourth-order valence-corrected chi connectivity index (χ4v) is 4.57. The molecule has 0 bridgehead atoms. The van der Waals surface area contributed by atoms with Gasteiger partial charge < -0.3 is 9.32 Å². The molecule has 0 spiro atoms. The second kappa shape index (κ2) is 9.88. The van der Waals surface area contributed by atoms with Crippen molar-refractivity contribution in [3.05, 3.63) is 83.8 Å².